The summed E-state index contributed by atoms with van der Waals surface area (Å²) in [4.78, 5) is 13.0. The van der Waals surface area contributed by atoms with Gasteiger partial charge in [-0.05, 0) is 35.2 Å². The van der Waals surface area contributed by atoms with Gasteiger partial charge in [-0.15, -0.1) is 0 Å². The Labute approximate surface area is 187 Å². The lowest BCUT2D eigenvalue weighted by Gasteiger charge is -2.09. The molecule has 0 aliphatic heterocycles. The number of ether oxygens (including phenoxy) is 1. The molecule has 0 bridgehead atoms. The molecular weight excluding hydrogens is 402 g/mol. The number of hydrogen-bond acceptors (Lipinski definition) is 4. The van der Waals surface area contributed by atoms with Crippen molar-refractivity contribution in [3.8, 4) is 17.1 Å². The van der Waals surface area contributed by atoms with Crippen molar-refractivity contribution in [1.82, 2.24) is 5.32 Å². The molecule has 0 saturated carbocycles. The zero-order valence-electron chi connectivity index (χ0n) is 18.3. The fourth-order valence-corrected chi connectivity index (χ4v) is 3.47. The second kappa shape index (κ2) is 9.71. The van der Waals surface area contributed by atoms with Crippen LogP contribution in [0.4, 0.5) is 0 Å². The normalized spacial score (nSPS) is 11.1. The largest absolute Gasteiger partial charge is 0.489 e. The van der Waals surface area contributed by atoms with Crippen LogP contribution in [0.25, 0.3) is 22.3 Å². The third-order valence-electron chi connectivity index (χ3n) is 5.22. The van der Waals surface area contributed by atoms with Crippen molar-refractivity contribution >= 4 is 16.9 Å². The number of fused-ring (bicyclic) bond motifs is 1. The first-order chi connectivity index (χ1) is 15.5. The molecule has 0 atom stereocenters. The molecule has 0 spiro atoms. The summed E-state index contributed by atoms with van der Waals surface area (Å²) in [6.45, 7) is 5.17. The summed E-state index contributed by atoms with van der Waals surface area (Å²) in [5, 5.41) is 13.0. The molecule has 1 aromatic heterocycles. The molecule has 0 radical (unpaired) electrons. The SMILES string of the molecule is CC(C)CNC(=O)c1c(-c2ccc(COc3ccc(CO)cc3)cc2)oc2ccccc12. The van der Waals surface area contributed by atoms with Gasteiger partial charge in [-0.1, -0.05) is 68.4 Å². The number of furan rings is 1. The molecule has 5 heteroatoms. The Hall–Kier alpha value is -3.57. The highest BCUT2D eigenvalue weighted by Gasteiger charge is 2.22. The first-order valence-electron chi connectivity index (χ1n) is 10.8. The molecule has 1 heterocycles. The van der Waals surface area contributed by atoms with E-state index in [1.807, 2.05) is 72.8 Å². The molecular formula is C27H27NO4. The monoisotopic (exact) mass is 429 g/mol. The number of nitrogens with one attached hydrogen (secondary N) is 1. The van der Waals surface area contributed by atoms with Crippen molar-refractivity contribution in [2.45, 2.75) is 27.1 Å². The fourth-order valence-electron chi connectivity index (χ4n) is 3.47. The van der Waals surface area contributed by atoms with E-state index in [2.05, 4.69) is 19.2 Å². The third-order valence-corrected chi connectivity index (χ3v) is 5.22. The second-order valence-electron chi connectivity index (χ2n) is 8.19. The molecule has 1 amide bonds. The molecule has 0 aliphatic carbocycles. The lowest BCUT2D eigenvalue weighted by atomic mass is 10.0. The van der Waals surface area contributed by atoms with Gasteiger partial charge in [0.2, 0.25) is 0 Å². The first-order valence-corrected chi connectivity index (χ1v) is 10.8. The highest BCUT2D eigenvalue weighted by molar-refractivity contribution is 6.11. The molecule has 5 nitrogen and oxygen atoms in total. The molecule has 2 N–H and O–H groups in total. The summed E-state index contributed by atoms with van der Waals surface area (Å²) in [7, 11) is 0. The lowest BCUT2D eigenvalue weighted by Crippen LogP contribution is -2.27. The van der Waals surface area contributed by atoms with E-state index >= 15 is 0 Å². The van der Waals surface area contributed by atoms with Gasteiger partial charge in [-0.3, -0.25) is 4.79 Å². The number of carbonyl (C=O) groups is 1. The van der Waals surface area contributed by atoms with Gasteiger partial charge in [-0.2, -0.15) is 0 Å². The third kappa shape index (κ3) is 4.84. The lowest BCUT2D eigenvalue weighted by molar-refractivity contribution is 0.0950. The van der Waals surface area contributed by atoms with E-state index in [0.717, 1.165) is 27.8 Å². The Morgan fingerprint density at radius 3 is 2.34 bits per heavy atom. The van der Waals surface area contributed by atoms with Crippen LogP contribution in [0, 0.1) is 5.92 Å². The van der Waals surface area contributed by atoms with Gasteiger partial charge in [0.15, 0.2) is 0 Å². The van der Waals surface area contributed by atoms with Crippen molar-refractivity contribution in [2.24, 2.45) is 5.92 Å². The van der Waals surface area contributed by atoms with E-state index in [-0.39, 0.29) is 12.5 Å². The van der Waals surface area contributed by atoms with E-state index in [1.165, 1.54) is 0 Å². The summed E-state index contributed by atoms with van der Waals surface area (Å²) in [6, 6.07) is 22.8. The molecule has 3 aromatic carbocycles. The topological polar surface area (TPSA) is 71.7 Å². The van der Waals surface area contributed by atoms with Crippen LogP contribution in [-0.4, -0.2) is 17.6 Å². The fraction of sp³-hybridized carbons (Fsp3) is 0.222. The molecule has 0 fully saturated rings. The van der Waals surface area contributed by atoms with Crippen molar-refractivity contribution < 1.29 is 19.1 Å². The smallest absolute Gasteiger partial charge is 0.255 e. The van der Waals surface area contributed by atoms with Crippen LogP contribution in [0.3, 0.4) is 0 Å². The molecule has 0 aliphatic rings. The number of aliphatic hydroxyl groups excluding tert-OH is 1. The first kappa shape index (κ1) is 21.7. The van der Waals surface area contributed by atoms with Crippen molar-refractivity contribution in [3.05, 3.63) is 89.5 Å². The van der Waals surface area contributed by atoms with Crippen molar-refractivity contribution in [2.75, 3.05) is 6.54 Å². The minimum atomic E-state index is -0.127. The highest BCUT2D eigenvalue weighted by atomic mass is 16.5. The average molecular weight is 430 g/mol. The maximum absolute atomic E-state index is 13.0. The number of amides is 1. The van der Waals surface area contributed by atoms with E-state index in [1.54, 1.807) is 0 Å². The number of hydrogen-bond donors (Lipinski definition) is 2. The van der Waals surface area contributed by atoms with Gasteiger partial charge in [0.25, 0.3) is 5.91 Å². The molecule has 0 saturated heterocycles. The predicted molar refractivity (Wildman–Crippen MR) is 126 cm³/mol. The van der Waals surface area contributed by atoms with E-state index in [0.29, 0.717) is 36.0 Å². The molecule has 164 valence electrons. The Morgan fingerprint density at radius 1 is 0.969 bits per heavy atom. The summed E-state index contributed by atoms with van der Waals surface area (Å²) >= 11 is 0. The maximum Gasteiger partial charge on any atom is 0.255 e. The van der Waals surface area contributed by atoms with Crippen molar-refractivity contribution in [1.29, 1.82) is 0 Å². The van der Waals surface area contributed by atoms with Crippen LogP contribution in [0.15, 0.2) is 77.2 Å². The van der Waals surface area contributed by atoms with Crippen LogP contribution in [0.5, 0.6) is 5.75 Å². The number of benzene rings is 3. The maximum atomic E-state index is 13.0. The minimum Gasteiger partial charge on any atom is -0.489 e. The van der Waals surface area contributed by atoms with Crippen LogP contribution in [0.2, 0.25) is 0 Å². The van der Waals surface area contributed by atoms with Gasteiger partial charge in [-0.25, -0.2) is 0 Å². The average Bonchev–Trinajstić information content (AvgIpc) is 3.21. The molecule has 4 aromatic rings. The standard InChI is InChI=1S/C27H27NO4/c1-18(2)15-28-27(30)25-23-5-3-4-6-24(23)32-26(25)21-11-7-20(8-12-21)17-31-22-13-9-19(16-29)10-14-22/h3-14,18,29H,15-17H2,1-2H3,(H,28,30). The predicted octanol–water partition coefficient (Wildman–Crippen LogP) is 5.56. The number of rotatable bonds is 8. The second-order valence-corrected chi connectivity index (χ2v) is 8.19. The number of aliphatic hydroxyl groups is 1. The molecule has 4 rings (SSSR count). The highest BCUT2D eigenvalue weighted by Crippen LogP contribution is 2.34. The summed E-state index contributed by atoms with van der Waals surface area (Å²) in [5.41, 5.74) is 3.94. The van der Waals surface area contributed by atoms with Gasteiger partial charge in [0.05, 0.1) is 12.2 Å². The quantitative estimate of drug-likeness (QED) is 0.385. The van der Waals surface area contributed by atoms with E-state index < -0.39 is 0 Å². The van der Waals surface area contributed by atoms with Crippen molar-refractivity contribution in [3.63, 3.8) is 0 Å². The number of para-hydroxylation sites is 1. The zero-order valence-corrected chi connectivity index (χ0v) is 18.3. The van der Waals surface area contributed by atoms with Crippen LogP contribution >= 0.6 is 0 Å². The van der Waals surface area contributed by atoms with Gasteiger partial charge in [0.1, 0.15) is 23.7 Å². The van der Waals surface area contributed by atoms with Crippen LogP contribution < -0.4 is 10.1 Å². The number of carbonyl (C=O) groups excluding carboxylic acids is 1. The van der Waals surface area contributed by atoms with Gasteiger partial charge >= 0.3 is 0 Å². The molecule has 32 heavy (non-hydrogen) atoms. The summed E-state index contributed by atoms with van der Waals surface area (Å²) in [6.07, 6.45) is 0. The van der Waals surface area contributed by atoms with E-state index in [4.69, 9.17) is 14.3 Å². The Bertz CT molecular complexity index is 1190. The summed E-state index contributed by atoms with van der Waals surface area (Å²) in [5.74, 6) is 1.55. The molecule has 0 unspecified atom stereocenters. The summed E-state index contributed by atoms with van der Waals surface area (Å²) < 4.78 is 11.9. The zero-order chi connectivity index (χ0) is 22.5. The Kier molecular flexibility index (Phi) is 6.57. The Morgan fingerprint density at radius 2 is 1.66 bits per heavy atom. The van der Waals surface area contributed by atoms with Crippen LogP contribution in [0.1, 0.15) is 35.3 Å². The Balaban J connectivity index is 1.55. The van der Waals surface area contributed by atoms with Gasteiger partial charge < -0.3 is 19.6 Å². The van der Waals surface area contributed by atoms with Crippen LogP contribution in [-0.2, 0) is 13.2 Å². The van der Waals surface area contributed by atoms with Gasteiger partial charge in [0, 0.05) is 17.5 Å². The minimum absolute atomic E-state index is 0.0149. The van der Waals surface area contributed by atoms with E-state index in [9.17, 15) is 4.79 Å².